The molecule has 1 atom stereocenters. The first-order chi connectivity index (χ1) is 13.2. The summed E-state index contributed by atoms with van der Waals surface area (Å²) in [5.41, 5.74) is 0.152. The second-order valence-corrected chi connectivity index (χ2v) is 7.65. The van der Waals surface area contributed by atoms with Crippen LogP contribution in [0, 0.1) is 12.7 Å². The van der Waals surface area contributed by atoms with Crippen molar-refractivity contribution in [3.05, 3.63) is 59.4 Å². The summed E-state index contributed by atoms with van der Waals surface area (Å²) in [5.74, 6) is -1.87. The summed E-state index contributed by atoms with van der Waals surface area (Å²) in [6, 6.07) is 9.13. The van der Waals surface area contributed by atoms with E-state index in [0.717, 1.165) is 18.2 Å². The Bertz CT molecular complexity index is 992. The van der Waals surface area contributed by atoms with E-state index >= 15 is 0 Å². The Morgan fingerprint density at radius 1 is 1.18 bits per heavy atom. The average molecular weight is 408 g/mol. The van der Waals surface area contributed by atoms with Gasteiger partial charge in [-0.3, -0.25) is 9.52 Å². The van der Waals surface area contributed by atoms with Gasteiger partial charge in [-0.2, -0.15) is 0 Å². The van der Waals surface area contributed by atoms with Crippen molar-refractivity contribution >= 4 is 27.6 Å². The van der Waals surface area contributed by atoms with Crippen LogP contribution in [0.3, 0.4) is 0 Å². The van der Waals surface area contributed by atoms with Crippen LogP contribution in [0.15, 0.2) is 47.4 Å². The first-order valence-electron chi connectivity index (χ1n) is 8.52. The number of benzene rings is 2. The summed E-state index contributed by atoms with van der Waals surface area (Å²) in [5, 5.41) is 2.53. The second-order valence-electron chi connectivity index (χ2n) is 6.00. The first kappa shape index (κ1) is 21.4. The summed E-state index contributed by atoms with van der Waals surface area (Å²) in [7, 11) is -4.07. The van der Waals surface area contributed by atoms with Crippen molar-refractivity contribution in [3.8, 4) is 0 Å². The Morgan fingerprint density at radius 3 is 2.50 bits per heavy atom. The van der Waals surface area contributed by atoms with E-state index in [1.165, 1.54) is 32.0 Å². The van der Waals surface area contributed by atoms with Crippen LogP contribution in [0.2, 0.25) is 0 Å². The van der Waals surface area contributed by atoms with Crippen LogP contribution < -0.4 is 10.0 Å². The van der Waals surface area contributed by atoms with Crippen molar-refractivity contribution in [2.45, 2.75) is 31.8 Å². The summed E-state index contributed by atoms with van der Waals surface area (Å²) in [6.45, 7) is 4.99. The van der Waals surface area contributed by atoms with Gasteiger partial charge in [-0.05, 0) is 56.7 Å². The van der Waals surface area contributed by atoms with E-state index < -0.39 is 33.8 Å². The van der Waals surface area contributed by atoms with Crippen LogP contribution in [-0.2, 0) is 19.6 Å². The maximum absolute atomic E-state index is 13.3. The molecule has 0 aliphatic rings. The number of sulfonamides is 1. The maximum atomic E-state index is 13.3. The van der Waals surface area contributed by atoms with Gasteiger partial charge in [0, 0.05) is 6.54 Å². The fourth-order valence-electron chi connectivity index (χ4n) is 2.46. The number of carbonyl (C=O) groups excluding carboxylic acids is 2. The van der Waals surface area contributed by atoms with E-state index in [1.807, 2.05) is 0 Å². The van der Waals surface area contributed by atoms with Crippen molar-refractivity contribution in [2.24, 2.45) is 0 Å². The Hall–Kier alpha value is -2.94. The molecule has 0 heterocycles. The lowest BCUT2D eigenvalue weighted by Crippen LogP contribution is -2.35. The molecule has 0 saturated carbocycles. The van der Waals surface area contributed by atoms with E-state index in [0.29, 0.717) is 6.54 Å². The number of hydrogen-bond donors (Lipinski definition) is 2. The summed E-state index contributed by atoms with van der Waals surface area (Å²) >= 11 is 0. The van der Waals surface area contributed by atoms with Gasteiger partial charge < -0.3 is 10.1 Å². The summed E-state index contributed by atoms with van der Waals surface area (Å²) in [4.78, 5) is 24.1. The van der Waals surface area contributed by atoms with Crippen molar-refractivity contribution < 1.29 is 27.1 Å². The van der Waals surface area contributed by atoms with Crippen molar-refractivity contribution in [1.82, 2.24) is 5.32 Å². The molecule has 2 aromatic rings. The summed E-state index contributed by atoms with van der Waals surface area (Å²) < 4.78 is 46.0. The lowest BCUT2D eigenvalue weighted by molar-refractivity contribution is -0.128. The number of hydrogen-bond acceptors (Lipinski definition) is 5. The van der Waals surface area contributed by atoms with Crippen LogP contribution in [0.4, 0.5) is 10.1 Å². The van der Waals surface area contributed by atoms with Crippen LogP contribution in [0.1, 0.15) is 29.8 Å². The maximum Gasteiger partial charge on any atom is 0.341 e. The molecular weight excluding hydrogens is 387 g/mol. The highest BCUT2D eigenvalue weighted by molar-refractivity contribution is 7.92. The monoisotopic (exact) mass is 408 g/mol. The third kappa shape index (κ3) is 5.07. The highest BCUT2D eigenvalue weighted by atomic mass is 32.2. The normalized spacial score (nSPS) is 12.1. The van der Waals surface area contributed by atoms with Gasteiger partial charge in [0.2, 0.25) is 0 Å². The highest BCUT2D eigenvalue weighted by Crippen LogP contribution is 2.23. The number of anilines is 1. The number of para-hydroxylation sites is 1. The fourth-order valence-corrected chi connectivity index (χ4v) is 3.77. The molecule has 0 aliphatic heterocycles. The van der Waals surface area contributed by atoms with E-state index in [-0.39, 0.29) is 21.7 Å². The number of carbonyl (C=O) groups is 2. The molecule has 0 spiro atoms. The molecule has 0 aromatic heterocycles. The molecular formula is C19H21FN2O5S. The third-order valence-corrected chi connectivity index (χ3v) is 5.35. The Labute approximate surface area is 163 Å². The minimum absolute atomic E-state index is 0.0145. The molecule has 0 radical (unpaired) electrons. The van der Waals surface area contributed by atoms with Gasteiger partial charge in [0.25, 0.3) is 15.9 Å². The Kier molecular flexibility index (Phi) is 6.74. The number of halogens is 1. The lowest BCUT2D eigenvalue weighted by Gasteiger charge is -2.16. The number of rotatable bonds is 7. The molecule has 150 valence electrons. The van der Waals surface area contributed by atoms with Gasteiger partial charge in [0.05, 0.1) is 16.1 Å². The summed E-state index contributed by atoms with van der Waals surface area (Å²) in [6.07, 6.45) is -1.04. The van der Waals surface area contributed by atoms with Gasteiger partial charge in [-0.1, -0.05) is 12.1 Å². The van der Waals surface area contributed by atoms with E-state index in [2.05, 4.69) is 10.0 Å². The lowest BCUT2D eigenvalue weighted by atomic mass is 10.2. The molecule has 0 bridgehead atoms. The standard InChI is InChI=1S/C19H21FN2O5S/c1-4-21-18(23)13(3)27-19(24)15-7-5-6-8-16(15)22-28(25,26)17-10-9-14(20)11-12(17)2/h5-11,13,22H,4H2,1-3H3,(H,21,23)/t13-/m0/s1. The van der Waals surface area contributed by atoms with Crippen LogP contribution >= 0.6 is 0 Å². The molecule has 28 heavy (non-hydrogen) atoms. The zero-order valence-corrected chi connectivity index (χ0v) is 16.5. The molecule has 2 rings (SSSR count). The van der Waals surface area contributed by atoms with E-state index in [4.69, 9.17) is 4.74 Å². The van der Waals surface area contributed by atoms with E-state index in [9.17, 15) is 22.4 Å². The zero-order chi connectivity index (χ0) is 20.9. The Balaban J connectivity index is 2.28. The van der Waals surface area contributed by atoms with Gasteiger partial charge in [0.1, 0.15) is 5.82 Å². The number of aryl methyl sites for hydroxylation is 1. The average Bonchev–Trinajstić information content (AvgIpc) is 2.61. The molecule has 2 N–H and O–H groups in total. The SMILES string of the molecule is CCNC(=O)[C@H](C)OC(=O)c1ccccc1NS(=O)(=O)c1ccc(F)cc1C. The van der Waals surface area contributed by atoms with Crippen molar-refractivity contribution in [3.63, 3.8) is 0 Å². The number of nitrogens with one attached hydrogen (secondary N) is 2. The molecule has 0 saturated heterocycles. The van der Waals surface area contributed by atoms with Crippen molar-refractivity contribution in [2.75, 3.05) is 11.3 Å². The predicted octanol–water partition coefficient (Wildman–Crippen LogP) is 2.62. The number of ether oxygens (including phenoxy) is 1. The minimum atomic E-state index is -4.07. The van der Waals surface area contributed by atoms with Gasteiger partial charge in [0.15, 0.2) is 6.10 Å². The minimum Gasteiger partial charge on any atom is -0.449 e. The van der Waals surface area contributed by atoms with Gasteiger partial charge >= 0.3 is 5.97 Å². The number of likely N-dealkylation sites (N-methyl/N-ethyl adjacent to an activating group) is 1. The van der Waals surface area contributed by atoms with E-state index in [1.54, 1.807) is 13.0 Å². The smallest absolute Gasteiger partial charge is 0.341 e. The predicted molar refractivity (Wildman–Crippen MR) is 102 cm³/mol. The molecule has 2 aromatic carbocycles. The Morgan fingerprint density at radius 2 is 1.86 bits per heavy atom. The first-order valence-corrected chi connectivity index (χ1v) is 10.0. The van der Waals surface area contributed by atoms with Crippen LogP contribution in [-0.4, -0.2) is 32.9 Å². The fraction of sp³-hybridized carbons (Fsp3) is 0.263. The van der Waals surface area contributed by atoms with Crippen LogP contribution in [0.5, 0.6) is 0 Å². The molecule has 0 aliphatic carbocycles. The number of esters is 1. The molecule has 1 amide bonds. The second kappa shape index (κ2) is 8.83. The highest BCUT2D eigenvalue weighted by Gasteiger charge is 2.23. The third-order valence-electron chi connectivity index (χ3n) is 3.82. The van der Waals surface area contributed by atoms with Gasteiger partial charge in [-0.25, -0.2) is 17.6 Å². The quantitative estimate of drug-likeness (QED) is 0.686. The molecule has 7 nitrogen and oxygen atoms in total. The number of amides is 1. The molecule has 9 heteroatoms. The zero-order valence-electron chi connectivity index (χ0n) is 15.7. The largest absolute Gasteiger partial charge is 0.449 e. The van der Waals surface area contributed by atoms with Crippen LogP contribution in [0.25, 0.3) is 0 Å². The van der Waals surface area contributed by atoms with Crippen molar-refractivity contribution in [1.29, 1.82) is 0 Å². The van der Waals surface area contributed by atoms with Gasteiger partial charge in [-0.15, -0.1) is 0 Å². The molecule has 0 fully saturated rings. The topological polar surface area (TPSA) is 102 Å². The molecule has 0 unspecified atom stereocenters.